The molecule has 0 aliphatic carbocycles. The van der Waals surface area contributed by atoms with Crippen LogP contribution in [0.1, 0.15) is 23.2 Å². The van der Waals surface area contributed by atoms with Gasteiger partial charge in [-0.2, -0.15) is 5.10 Å². The first kappa shape index (κ1) is 16.8. The van der Waals surface area contributed by atoms with Gasteiger partial charge in [0.25, 0.3) is 5.91 Å². The second-order valence-electron chi connectivity index (χ2n) is 5.17. The molecule has 5 nitrogen and oxygen atoms in total. The van der Waals surface area contributed by atoms with Crippen LogP contribution in [0.25, 0.3) is 5.69 Å². The van der Waals surface area contributed by atoms with E-state index in [1.54, 1.807) is 29.2 Å². The van der Waals surface area contributed by atoms with Gasteiger partial charge < -0.3 is 10.6 Å². The van der Waals surface area contributed by atoms with Crippen LogP contribution in [0, 0.1) is 0 Å². The summed E-state index contributed by atoms with van der Waals surface area (Å²) in [6.07, 6.45) is 5.40. The summed E-state index contributed by atoms with van der Waals surface area (Å²) >= 11 is 5.97. The molecule has 2 N–H and O–H groups in total. The molecule has 0 bridgehead atoms. The molecule has 1 fully saturated rings. The van der Waals surface area contributed by atoms with E-state index in [2.05, 4.69) is 15.7 Å². The van der Waals surface area contributed by atoms with Gasteiger partial charge in [-0.1, -0.05) is 17.7 Å². The first-order valence-electron chi connectivity index (χ1n) is 7.04. The van der Waals surface area contributed by atoms with Crippen LogP contribution in [0.5, 0.6) is 0 Å². The maximum atomic E-state index is 12.2. The van der Waals surface area contributed by atoms with Gasteiger partial charge in [0.1, 0.15) is 0 Å². The predicted octanol–water partition coefficient (Wildman–Crippen LogP) is 2.43. The SMILES string of the molecule is Cl.O=C(NC1CCCNC1)c1cnn(-c2cccc(Cl)c2)c1. The second-order valence-corrected chi connectivity index (χ2v) is 5.61. The van der Waals surface area contributed by atoms with Gasteiger partial charge >= 0.3 is 0 Å². The Balaban J connectivity index is 0.00000176. The first-order valence-corrected chi connectivity index (χ1v) is 7.42. The van der Waals surface area contributed by atoms with Gasteiger partial charge in [-0.3, -0.25) is 4.79 Å². The minimum atomic E-state index is -0.0861. The Bertz CT molecular complexity index is 638. The lowest BCUT2D eigenvalue weighted by atomic mass is 10.1. The number of amides is 1. The van der Waals surface area contributed by atoms with Crippen molar-refractivity contribution in [3.63, 3.8) is 0 Å². The number of nitrogens with zero attached hydrogens (tertiary/aromatic N) is 2. The maximum absolute atomic E-state index is 12.2. The summed E-state index contributed by atoms with van der Waals surface area (Å²) in [6, 6.07) is 7.55. The van der Waals surface area contributed by atoms with E-state index in [0.29, 0.717) is 10.6 Å². The van der Waals surface area contributed by atoms with Gasteiger partial charge in [-0.15, -0.1) is 12.4 Å². The third-order valence-corrected chi connectivity index (χ3v) is 3.78. The number of benzene rings is 1. The zero-order valence-electron chi connectivity index (χ0n) is 12.0. The van der Waals surface area contributed by atoms with Crippen molar-refractivity contribution in [3.05, 3.63) is 47.2 Å². The number of hydrogen-bond donors (Lipinski definition) is 2. The lowest BCUT2D eigenvalue weighted by Crippen LogP contribution is -2.45. The van der Waals surface area contributed by atoms with E-state index >= 15 is 0 Å². The van der Waals surface area contributed by atoms with Crippen molar-refractivity contribution in [3.8, 4) is 5.69 Å². The van der Waals surface area contributed by atoms with E-state index in [-0.39, 0.29) is 24.4 Å². The Morgan fingerprint density at radius 3 is 3.05 bits per heavy atom. The molecule has 118 valence electrons. The zero-order valence-corrected chi connectivity index (χ0v) is 13.5. The molecule has 1 aromatic heterocycles. The van der Waals surface area contributed by atoms with Crippen molar-refractivity contribution in [2.75, 3.05) is 13.1 Å². The summed E-state index contributed by atoms with van der Waals surface area (Å²) in [5, 5.41) is 11.2. The Kier molecular flexibility index (Phi) is 5.83. The lowest BCUT2D eigenvalue weighted by Gasteiger charge is -2.23. The Morgan fingerprint density at radius 1 is 1.45 bits per heavy atom. The molecule has 1 unspecified atom stereocenters. The van der Waals surface area contributed by atoms with Crippen molar-refractivity contribution in [2.24, 2.45) is 0 Å². The van der Waals surface area contributed by atoms with E-state index in [9.17, 15) is 4.79 Å². The minimum Gasteiger partial charge on any atom is -0.348 e. The highest BCUT2D eigenvalue weighted by Gasteiger charge is 2.17. The van der Waals surface area contributed by atoms with Crippen LogP contribution in [-0.2, 0) is 0 Å². The van der Waals surface area contributed by atoms with E-state index in [4.69, 9.17) is 11.6 Å². The van der Waals surface area contributed by atoms with Crippen LogP contribution in [0.3, 0.4) is 0 Å². The Hall–Kier alpha value is -1.56. The molecule has 2 heterocycles. The van der Waals surface area contributed by atoms with Crippen LogP contribution < -0.4 is 10.6 Å². The standard InChI is InChI=1S/C15H17ClN4O.ClH/c16-12-3-1-5-14(7-12)20-10-11(8-18-20)15(21)19-13-4-2-6-17-9-13;/h1,3,5,7-8,10,13,17H,2,4,6,9H2,(H,19,21);1H. The molecule has 1 atom stereocenters. The van der Waals surface area contributed by atoms with Gasteiger partial charge in [0.05, 0.1) is 17.4 Å². The number of nitrogens with one attached hydrogen (secondary N) is 2. The zero-order chi connectivity index (χ0) is 14.7. The summed E-state index contributed by atoms with van der Waals surface area (Å²) in [5.41, 5.74) is 1.39. The Morgan fingerprint density at radius 2 is 2.32 bits per heavy atom. The highest BCUT2D eigenvalue weighted by atomic mass is 35.5. The minimum absolute atomic E-state index is 0. The molecular weight excluding hydrogens is 323 g/mol. The number of hydrogen-bond acceptors (Lipinski definition) is 3. The fourth-order valence-electron chi connectivity index (χ4n) is 2.44. The van der Waals surface area contributed by atoms with Crippen LogP contribution in [0.2, 0.25) is 5.02 Å². The average Bonchev–Trinajstić information content (AvgIpc) is 2.98. The summed E-state index contributed by atoms with van der Waals surface area (Å²) in [4.78, 5) is 12.2. The van der Waals surface area contributed by atoms with E-state index in [0.717, 1.165) is 31.6 Å². The number of carbonyl (C=O) groups is 1. The van der Waals surface area contributed by atoms with Gasteiger partial charge in [-0.25, -0.2) is 4.68 Å². The van der Waals surface area contributed by atoms with E-state index in [1.165, 1.54) is 0 Å². The van der Waals surface area contributed by atoms with Crippen molar-refractivity contribution in [2.45, 2.75) is 18.9 Å². The van der Waals surface area contributed by atoms with Gasteiger partial charge in [0, 0.05) is 23.8 Å². The third-order valence-electron chi connectivity index (χ3n) is 3.55. The molecule has 22 heavy (non-hydrogen) atoms. The number of piperidine rings is 1. The molecule has 0 spiro atoms. The Labute approximate surface area is 140 Å². The molecular formula is C15H18Cl2N4O. The number of aromatic nitrogens is 2. The molecule has 3 rings (SSSR count). The summed E-state index contributed by atoms with van der Waals surface area (Å²) in [5.74, 6) is -0.0861. The lowest BCUT2D eigenvalue weighted by molar-refractivity contribution is 0.0930. The van der Waals surface area contributed by atoms with Crippen LogP contribution in [-0.4, -0.2) is 34.8 Å². The molecule has 0 radical (unpaired) electrons. The molecule has 1 aromatic carbocycles. The first-order chi connectivity index (χ1) is 10.2. The molecule has 1 aliphatic heterocycles. The number of carbonyl (C=O) groups excluding carboxylic acids is 1. The normalized spacial score (nSPS) is 17.6. The van der Waals surface area contributed by atoms with Crippen molar-refractivity contribution >= 4 is 29.9 Å². The monoisotopic (exact) mass is 340 g/mol. The summed E-state index contributed by atoms with van der Waals surface area (Å²) in [7, 11) is 0. The van der Waals surface area contributed by atoms with E-state index < -0.39 is 0 Å². The van der Waals surface area contributed by atoms with Gasteiger partial charge in [-0.05, 0) is 37.6 Å². The molecule has 1 saturated heterocycles. The molecule has 2 aromatic rings. The largest absolute Gasteiger partial charge is 0.348 e. The second kappa shape index (κ2) is 7.63. The summed E-state index contributed by atoms with van der Waals surface area (Å²) in [6.45, 7) is 1.85. The smallest absolute Gasteiger partial charge is 0.254 e. The van der Waals surface area contributed by atoms with Gasteiger partial charge in [0.15, 0.2) is 0 Å². The van der Waals surface area contributed by atoms with Crippen LogP contribution >= 0.6 is 24.0 Å². The number of rotatable bonds is 3. The van der Waals surface area contributed by atoms with Gasteiger partial charge in [0.2, 0.25) is 0 Å². The average molecular weight is 341 g/mol. The van der Waals surface area contributed by atoms with Crippen molar-refractivity contribution in [1.29, 1.82) is 0 Å². The topological polar surface area (TPSA) is 59.0 Å². The molecule has 7 heteroatoms. The third kappa shape index (κ3) is 4.00. The predicted molar refractivity (Wildman–Crippen MR) is 89.2 cm³/mol. The molecule has 1 amide bonds. The van der Waals surface area contributed by atoms with Crippen molar-refractivity contribution in [1.82, 2.24) is 20.4 Å². The fraction of sp³-hybridized carbons (Fsp3) is 0.333. The van der Waals surface area contributed by atoms with Crippen LogP contribution in [0.4, 0.5) is 0 Å². The van der Waals surface area contributed by atoms with Crippen LogP contribution in [0.15, 0.2) is 36.7 Å². The highest BCUT2D eigenvalue weighted by molar-refractivity contribution is 6.30. The molecule has 0 saturated carbocycles. The fourth-order valence-corrected chi connectivity index (χ4v) is 2.63. The summed E-state index contributed by atoms with van der Waals surface area (Å²) < 4.78 is 1.65. The van der Waals surface area contributed by atoms with E-state index in [1.807, 2.05) is 12.1 Å². The van der Waals surface area contributed by atoms with Crippen molar-refractivity contribution < 1.29 is 4.79 Å². The molecule has 1 aliphatic rings. The highest BCUT2D eigenvalue weighted by Crippen LogP contribution is 2.14. The number of halogens is 2. The maximum Gasteiger partial charge on any atom is 0.254 e. The quantitative estimate of drug-likeness (QED) is 0.902.